The Bertz CT molecular complexity index is 776. The number of hydrogen-bond acceptors (Lipinski definition) is 4. The maximum atomic E-state index is 13.1. The van der Waals surface area contributed by atoms with Gasteiger partial charge in [0, 0.05) is 19.5 Å². The number of halogens is 3. The number of ether oxygens (including phenoxy) is 2. The van der Waals surface area contributed by atoms with Gasteiger partial charge < -0.3 is 19.7 Å². The summed E-state index contributed by atoms with van der Waals surface area (Å²) in [5, 5.41) is 2.68. The quantitative estimate of drug-likeness (QED) is 0.864. The number of benzene rings is 1. The Kier molecular flexibility index (Phi) is 5.29. The molecule has 1 aromatic rings. The molecule has 2 amide bonds. The summed E-state index contributed by atoms with van der Waals surface area (Å²) in [4.78, 5) is 25.8. The van der Waals surface area contributed by atoms with Crippen LogP contribution in [0.3, 0.4) is 0 Å². The van der Waals surface area contributed by atoms with E-state index in [9.17, 15) is 22.8 Å². The molecule has 0 saturated carbocycles. The number of carbonyl (C=O) groups excluding carboxylic acids is 2. The molecule has 0 aliphatic carbocycles. The van der Waals surface area contributed by atoms with E-state index in [1.165, 1.54) is 23.1 Å². The summed E-state index contributed by atoms with van der Waals surface area (Å²) in [6.45, 7) is 2.18. The summed E-state index contributed by atoms with van der Waals surface area (Å²) in [6.07, 6.45) is -4.47. The highest BCUT2D eigenvalue weighted by atomic mass is 19.4. The summed E-state index contributed by atoms with van der Waals surface area (Å²) >= 11 is 0. The minimum atomic E-state index is -4.49. The van der Waals surface area contributed by atoms with Gasteiger partial charge in [-0.15, -0.1) is 0 Å². The van der Waals surface area contributed by atoms with Crippen LogP contribution in [-0.2, 0) is 31.8 Å². The van der Waals surface area contributed by atoms with Crippen LogP contribution in [0.15, 0.2) is 35.8 Å². The Labute approximate surface area is 153 Å². The van der Waals surface area contributed by atoms with Crippen molar-refractivity contribution in [1.29, 1.82) is 0 Å². The topological polar surface area (TPSA) is 67.9 Å². The lowest BCUT2D eigenvalue weighted by Gasteiger charge is -2.22. The number of hydrogen-bond donors (Lipinski definition) is 1. The number of nitrogens with zero attached hydrogens (tertiary/aromatic N) is 1. The van der Waals surface area contributed by atoms with Gasteiger partial charge >= 0.3 is 6.18 Å². The van der Waals surface area contributed by atoms with Crippen molar-refractivity contribution in [2.75, 3.05) is 19.8 Å². The lowest BCUT2D eigenvalue weighted by molar-refractivity contribution is -0.139. The molecule has 27 heavy (non-hydrogen) atoms. The zero-order chi connectivity index (χ0) is 19.6. The molecule has 2 heterocycles. The predicted octanol–water partition coefficient (Wildman–Crippen LogP) is 2.20. The Hall–Kier alpha value is -2.71. The predicted molar refractivity (Wildman–Crippen MR) is 88.0 cm³/mol. The Balaban J connectivity index is 1.66. The monoisotopic (exact) mass is 384 g/mol. The van der Waals surface area contributed by atoms with Gasteiger partial charge in [0.25, 0.3) is 5.91 Å². The zero-order valence-electron chi connectivity index (χ0n) is 14.6. The maximum Gasteiger partial charge on any atom is 0.416 e. The van der Waals surface area contributed by atoms with E-state index >= 15 is 0 Å². The normalized spacial score (nSPS) is 20.4. The fourth-order valence-electron chi connectivity index (χ4n) is 3.14. The minimum Gasteiger partial charge on any atom is -0.491 e. The van der Waals surface area contributed by atoms with E-state index in [0.29, 0.717) is 12.4 Å². The largest absolute Gasteiger partial charge is 0.491 e. The number of alkyl halides is 3. The maximum absolute atomic E-state index is 13.1. The standard InChI is InChI=1S/C18H19F3N2O4/c1-11-16(27-7-6-26-11)17(25)22-13-8-15(24)23(10-13)9-12-4-2-3-5-14(12)18(19,20)21/h2-5,13H,6-10H2,1H3,(H,22,25)/t13-/m1/s1. The van der Waals surface area contributed by atoms with E-state index in [0.717, 1.165) is 6.07 Å². The molecule has 0 bridgehead atoms. The summed E-state index contributed by atoms with van der Waals surface area (Å²) < 4.78 is 49.9. The average Bonchev–Trinajstić information content (AvgIpc) is 2.94. The second-order valence-electron chi connectivity index (χ2n) is 6.39. The van der Waals surface area contributed by atoms with Crippen molar-refractivity contribution in [3.8, 4) is 0 Å². The van der Waals surface area contributed by atoms with Crippen LogP contribution in [0.2, 0.25) is 0 Å². The van der Waals surface area contributed by atoms with Gasteiger partial charge in [0.05, 0.1) is 11.6 Å². The molecule has 9 heteroatoms. The van der Waals surface area contributed by atoms with Crippen molar-refractivity contribution in [2.45, 2.75) is 32.1 Å². The molecule has 1 N–H and O–H groups in total. The molecule has 2 aliphatic heterocycles. The highest BCUT2D eigenvalue weighted by Crippen LogP contribution is 2.33. The fourth-order valence-corrected chi connectivity index (χ4v) is 3.14. The van der Waals surface area contributed by atoms with Gasteiger partial charge in [-0.2, -0.15) is 13.2 Å². The van der Waals surface area contributed by atoms with Crippen LogP contribution in [0.5, 0.6) is 0 Å². The molecule has 6 nitrogen and oxygen atoms in total. The molecule has 0 spiro atoms. The molecule has 3 rings (SSSR count). The van der Waals surface area contributed by atoms with Gasteiger partial charge in [-0.05, 0) is 18.6 Å². The summed E-state index contributed by atoms with van der Waals surface area (Å²) in [5.41, 5.74) is -0.744. The van der Waals surface area contributed by atoms with Gasteiger partial charge in [-0.3, -0.25) is 9.59 Å². The Morgan fingerprint density at radius 3 is 2.67 bits per heavy atom. The molecule has 0 radical (unpaired) electrons. The van der Waals surface area contributed by atoms with Crippen LogP contribution >= 0.6 is 0 Å². The Morgan fingerprint density at radius 2 is 1.96 bits per heavy atom. The van der Waals surface area contributed by atoms with E-state index in [1.807, 2.05) is 0 Å². The molecule has 146 valence electrons. The van der Waals surface area contributed by atoms with E-state index in [4.69, 9.17) is 9.47 Å². The SMILES string of the molecule is CC1=C(C(=O)N[C@@H]2CC(=O)N(Cc3ccccc3C(F)(F)F)C2)OCCO1. The second-order valence-corrected chi connectivity index (χ2v) is 6.39. The second kappa shape index (κ2) is 7.50. The van der Waals surface area contributed by atoms with Crippen molar-refractivity contribution in [2.24, 2.45) is 0 Å². The molecular formula is C18H19F3N2O4. The summed E-state index contributed by atoms with van der Waals surface area (Å²) in [5.74, 6) is -0.389. The smallest absolute Gasteiger partial charge is 0.416 e. The number of nitrogens with one attached hydrogen (secondary N) is 1. The van der Waals surface area contributed by atoms with Gasteiger partial charge in [0.2, 0.25) is 11.7 Å². The molecule has 1 fully saturated rings. The van der Waals surface area contributed by atoms with Crippen molar-refractivity contribution in [1.82, 2.24) is 10.2 Å². The minimum absolute atomic E-state index is 0.0209. The van der Waals surface area contributed by atoms with Crippen LogP contribution in [0.4, 0.5) is 13.2 Å². The highest BCUT2D eigenvalue weighted by Gasteiger charge is 2.36. The number of carbonyl (C=O) groups is 2. The van der Waals surface area contributed by atoms with Crippen LogP contribution in [0, 0.1) is 0 Å². The summed E-state index contributed by atoms with van der Waals surface area (Å²) in [7, 11) is 0. The molecule has 1 atom stereocenters. The van der Waals surface area contributed by atoms with E-state index < -0.39 is 23.7 Å². The first kappa shape index (κ1) is 19.1. The number of likely N-dealkylation sites (tertiary alicyclic amines) is 1. The third-order valence-electron chi connectivity index (χ3n) is 4.41. The van der Waals surface area contributed by atoms with Crippen molar-refractivity contribution in [3.63, 3.8) is 0 Å². The van der Waals surface area contributed by atoms with Crippen molar-refractivity contribution < 1.29 is 32.2 Å². The lowest BCUT2D eigenvalue weighted by atomic mass is 10.1. The highest BCUT2D eigenvalue weighted by molar-refractivity contribution is 5.93. The van der Waals surface area contributed by atoms with Crippen LogP contribution in [-0.4, -0.2) is 42.5 Å². The van der Waals surface area contributed by atoms with Crippen LogP contribution in [0.25, 0.3) is 0 Å². The lowest BCUT2D eigenvalue weighted by Crippen LogP contribution is -2.39. The van der Waals surface area contributed by atoms with Gasteiger partial charge in [0.15, 0.2) is 0 Å². The van der Waals surface area contributed by atoms with Gasteiger partial charge in [-0.25, -0.2) is 0 Å². The third kappa shape index (κ3) is 4.35. The molecular weight excluding hydrogens is 365 g/mol. The van der Waals surface area contributed by atoms with Crippen LogP contribution < -0.4 is 5.32 Å². The van der Waals surface area contributed by atoms with Crippen LogP contribution in [0.1, 0.15) is 24.5 Å². The molecule has 0 aromatic heterocycles. The van der Waals surface area contributed by atoms with Gasteiger partial charge in [0.1, 0.15) is 19.0 Å². The third-order valence-corrected chi connectivity index (χ3v) is 4.41. The van der Waals surface area contributed by atoms with Crippen molar-refractivity contribution in [3.05, 3.63) is 46.9 Å². The molecule has 1 saturated heterocycles. The first-order chi connectivity index (χ1) is 12.8. The number of rotatable bonds is 4. The number of allylic oxidation sites excluding steroid dienone is 1. The number of amides is 2. The van der Waals surface area contributed by atoms with Gasteiger partial charge in [-0.1, -0.05) is 18.2 Å². The molecule has 1 aromatic carbocycles. The first-order valence-electron chi connectivity index (χ1n) is 8.46. The van der Waals surface area contributed by atoms with E-state index in [1.54, 1.807) is 6.92 Å². The first-order valence-corrected chi connectivity index (χ1v) is 8.46. The summed E-state index contributed by atoms with van der Waals surface area (Å²) in [6, 6.07) is 4.64. The molecule has 2 aliphatic rings. The average molecular weight is 384 g/mol. The zero-order valence-corrected chi connectivity index (χ0v) is 14.6. The van der Waals surface area contributed by atoms with Crippen molar-refractivity contribution >= 4 is 11.8 Å². The van der Waals surface area contributed by atoms with E-state index in [-0.39, 0.29) is 43.3 Å². The fraction of sp³-hybridized carbons (Fsp3) is 0.444. The van der Waals surface area contributed by atoms with E-state index in [2.05, 4.69) is 5.32 Å². The molecule has 0 unspecified atom stereocenters. The Morgan fingerprint density at radius 1 is 1.26 bits per heavy atom.